The lowest BCUT2D eigenvalue weighted by molar-refractivity contribution is 0.199. The quantitative estimate of drug-likeness (QED) is 0.682. The number of rotatable bonds is 7. The second-order valence-electron chi connectivity index (χ2n) is 3.35. The summed E-state index contributed by atoms with van der Waals surface area (Å²) in [5.74, 6) is 0. The monoisotopic (exact) mass is 209 g/mol. The number of nitrogens with one attached hydrogen (secondary N) is 1. The first-order chi connectivity index (χ1) is 7.33. The largest absolute Gasteiger partial charge is 0.383 e. The molecule has 0 fully saturated rings. The van der Waals surface area contributed by atoms with E-state index < -0.39 is 0 Å². The van der Waals surface area contributed by atoms with E-state index in [9.17, 15) is 0 Å². The van der Waals surface area contributed by atoms with Gasteiger partial charge in [-0.05, 0) is 25.1 Å². The fraction of sp³-hybridized carbons (Fsp3) is 0.545. The van der Waals surface area contributed by atoms with Crippen molar-refractivity contribution in [1.82, 2.24) is 15.1 Å². The number of aromatic nitrogens is 2. The Morgan fingerprint density at radius 1 is 1.53 bits per heavy atom. The van der Waals surface area contributed by atoms with Crippen LogP contribution in [0.1, 0.15) is 12.1 Å². The third kappa shape index (κ3) is 5.34. The highest BCUT2D eigenvalue weighted by Crippen LogP contribution is 1.97. The Kier molecular flexibility index (Phi) is 5.73. The number of hydrogen-bond donors (Lipinski definition) is 1. The summed E-state index contributed by atoms with van der Waals surface area (Å²) < 4.78 is 6.73. The third-order valence-corrected chi connectivity index (χ3v) is 1.99. The van der Waals surface area contributed by atoms with Crippen molar-refractivity contribution in [2.24, 2.45) is 7.05 Å². The van der Waals surface area contributed by atoms with Gasteiger partial charge in [0.1, 0.15) is 0 Å². The molecule has 1 aromatic rings. The van der Waals surface area contributed by atoms with E-state index in [-0.39, 0.29) is 0 Å². The molecule has 4 heteroatoms. The fourth-order valence-electron chi connectivity index (χ4n) is 1.21. The molecule has 1 heterocycles. The van der Waals surface area contributed by atoms with Crippen LogP contribution < -0.4 is 5.32 Å². The normalized spacial score (nSPS) is 11.3. The maximum atomic E-state index is 4.93. The molecule has 1 aromatic heterocycles. The molecule has 0 aromatic carbocycles. The minimum atomic E-state index is 0.768. The van der Waals surface area contributed by atoms with Gasteiger partial charge >= 0.3 is 0 Å². The second-order valence-corrected chi connectivity index (χ2v) is 3.35. The molecule has 0 spiro atoms. The van der Waals surface area contributed by atoms with Crippen molar-refractivity contribution in [3.8, 4) is 0 Å². The second kappa shape index (κ2) is 7.20. The molecule has 84 valence electrons. The maximum Gasteiger partial charge on any atom is 0.0847 e. The van der Waals surface area contributed by atoms with Gasteiger partial charge in [0.25, 0.3) is 0 Å². The zero-order valence-electron chi connectivity index (χ0n) is 9.44. The van der Waals surface area contributed by atoms with Crippen LogP contribution in [0.4, 0.5) is 0 Å². The van der Waals surface area contributed by atoms with E-state index in [1.165, 1.54) is 0 Å². The van der Waals surface area contributed by atoms with Gasteiger partial charge in [-0.1, -0.05) is 6.08 Å². The van der Waals surface area contributed by atoms with Gasteiger partial charge in [0.2, 0.25) is 0 Å². The van der Waals surface area contributed by atoms with Crippen LogP contribution in [0.5, 0.6) is 0 Å². The molecule has 0 amide bonds. The highest BCUT2D eigenvalue weighted by atomic mass is 16.5. The minimum Gasteiger partial charge on any atom is -0.383 e. The molecular weight excluding hydrogens is 190 g/mol. The van der Waals surface area contributed by atoms with E-state index in [4.69, 9.17) is 4.74 Å². The summed E-state index contributed by atoms with van der Waals surface area (Å²) in [5.41, 5.74) is 1.01. The number of methoxy groups -OCH3 is 1. The Bertz CT molecular complexity index is 294. The first kappa shape index (κ1) is 11.9. The zero-order valence-corrected chi connectivity index (χ0v) is 9.44. The van der Waals surface area contributed by atoms with Crippen LogP contribution >= 0.6 is 0 Å². The van der Waals surface area contributed by atoms with E-state index in [2.05, 4.69) is 16.5 Å². The van der Waals surface area contributed by atoms with E-state index in [1.54, 1.807) is 11.8 Å². The molecule has 15 heavy (non-hydrogen) atoms. The predicted molar refractivity (Wildman–Crippen MR) is 61.6 cm³/mol. The summed E-state index contributed by atoms with van der Waals surface area (Å²) in [4.78, 5) is 0. The lowest BCUT2D eigenvalue weighted by Gasteiger charge is -2.00. The lowest BCUT2D eigenvalue weighted by Crippen LogP contribution is -2.19. The van der Waals surface area contributed by atoms with Crippen LogP contribution in [0.25, 0.3) is 6.08 Å². The molecule has 0 aliphatic carbocycles. The first-order valence-corrected chi connectivity index (χ1v) is 5.19. The Hall–Kier alpha value is -1.13. The van der Waals surface area contributed by atoms with Gasteiger partial charge in [-0.3, -0.25) is 4.68 Å². The van der Waals surface area contributed by atoms with Crippen molar-refractivity contribution in [2.75, 3.05) is 26.8 Å². The summed E-state index contributed by atoms with van der Waals surface area (Å²) in [6.45, 7) is 2.66. The Labute approximate surface area is 90.9 Å². The molecule has 0 saturated carbocycles. The van der Waals surface area contributed by atoms with Gasteiger partial charge in [-0.25, -0.2) is 0 Å². The average molecular weight is 209 g/mol. The van der Waals surface area contributed by atoms with Gasteiger partial charge in [-0.15, -0.1) is 0 Å². The Balaban J connectivity index is 2.07. The van der Waals surface area contributed by atoms with Gasteiger partial charge in [0, 0.05) is 26.9 Å². The molecule has 0 aliphatic heterocycles. The van der Waals surface area contributed by atoms with Crippen molar-refractivity contribution in [3.05, 3.63) is 24.0 Å². The van der Waals surface area contributed by atoms with Crippen LogP contribution in [0, 0.1) is 0 Å². The van der Waals surface area contributed by atoms with E-state index in [0.717, 1.165) is 31.8 Å². The van der Waals surface area contributed by atoms with Crippen LogP contribution in [-0.4, -0.2) is 36.6 Å². The van der Waals surface area contributed by atoms with Crippen LogP contribution in [0.15, 0.2) is 18.3 Å². The molecule has 0 saturated heterocycles. The molecule has 0 radical (unpaired) electrons. The highest BCUT2D eigenvalue weighted by Gasteiger charge is 1.89. The van der Waals surface area contributed by atoms with Crippen molar-refractivity contribution in [1.29, 1.82) is 0 Å². The SMILES string of the molecule is COCCNCC/C=C/c1ccn(C)n1. The van der Waals surface area contributed by atoms with Crippen molar-refractivity contribution in [3.63, 3.8) is 0 Å². The molecule has 0 atom stereocenters. The summed E-state index contributed by atoms with van der Waals surface area (Å²) in [5, 5.41) is 7.52. The summed E-state index contributed by atoms with van der Waals surface area (Å²) in [6, 6.07) is 1.99. The molecule has 4 nitrogen and oxygen atoms in total. The van der Waals surface area contributed by atoms with Crippen LogP contribution in [0.3, 0.4) is 0 Å². The molecule has 0 unspecified atom stereocenters. The first-order valence-electron chi connectivity index (χ1n) is 5.19. The van der Waals surface area contributed by atoms with E-state index in [0.29, 0.717) is 0 Å². The third-order valence-electron chi connectivity index (χ3n) is 1.99. The lowest BCUT2D eigenvalue weighted by atomic mass is 10.3. The topological polar surface area (TPSA) is 39.1 Å². The number of nitrogens with zero attached hydrogens (tertiary/aromatic N) is 2. The Morgan fingerprint density at radius 3 is 3.07 bits per heavy atom. The molecule has 1 N–H and O–H groups in total. The summed E-state index contributed by atoms with van der Waals surface area (Å²) >= 11 is 0. The zero-order chi connectivity index (χ0) is 10.9. The van der Waals surface area contributed by atoms with Gasteiger partial charge in [-0.2, -0.15) is 5.10 Å². The average Bonchev–Trinajstić information content (AvgIpc) is 2.63. The van der Waals surface area contributed by atoms with Crippen LogP contribution in [-0.2, 0) is 11.8 Å². The van der Waals surface area contributed by atoms with Crippen molar-refractivity contribution in [2.45, 2.75) is 6.42 Å². The highest BCUT2D eigenvalue weighted by molar-refractivity contribution is 5.43. The predicted octanol–water partition coefficient (Wildman–Crippen LogP) is 1.06. The smallest absolute Gasteiger partial charge is 0.0847 e. The number of aryl methyl sites for hydroxylation is 1. The molecule has 0 aliphatic rings. The summed E-state index contributed by atoms with van der Waals surface area (Å²) in [6.07, 6.45) is 7.12. The van der Waals surface area contributed by atoms with Gasteiger partial charge in [0.15, 0.2) is 0 Å². The fourth-order valence-corrected chi connectivity index (χ4v) is 1.21. The molecule has 0 bridgehead atoms. The minimum absolute atomic E-state index is 0.768. The number of ether oxygens (including phenoxy) is 1. The van der Waals surface area contributed by atoms with E-state index >= 15 is 0 Å². The standard InChI is InChI=1S/C11H19N3O/c1-14-9-6-11(13-14)5-3-4-7-12-8-10-15-2/h3,5-6,9,12H,4,7-8,10H2,1-2H3/b5-3+. The summed E-state index contributed by atoms with van der Waals surface area (Å²) in [7, 11) is 3.63. The Morgan fingerprint density at radius 2 is 2.40 bits per heavy atom. The maximum absolute atomic E-state index is 4.93. The van der Waals surface area contributed by atoms with Gasteiger partial charge < -0.3 is 10.1 Å². The molecule has 1 rings (SSSR count). The molecular formula is C11H19N3O. The van der Waals surface area contributed by atoms with Crippen LogP contribution in [0.2, 0.25) is 0 Å². The van der Waals surface area contributed by atoms with Crippen molar-refractivity contribution >= 4 is 6.08 Å². The van der Waals surface area contributed by atoms with Crippen molar-refractivity contribution < 1.29 is 4.74 Å². The van der Waals surface area contributed by atoms with E-state index in [1.807, 2.05) is 25.4 Å². The van der Waals surface area contributed by atoms with Gasteiger partial charge in [0.05, 0.1) is 12.3 Å². The number of hydrogen-bond acceptors (Lipinski definition) is 3.